The van der Waals surface area contributed by atoms with Gasteiger partial charge in [-0.25, -0.2) is 4.98 Å². The molecule has 4 nitrogen and oxygen atoms in total. The molecule has 0 bridgehead atoms. The van der Waals surface area contributed by atoms with Crippen molar-refractivity contribution >= 4 is 0 Å². The van der Waals surface area contributed by atoms with Gasteiger partial charge in [-0.05, 0) is 25.1 Å². The van der Waals surface area contributed by atoms with Crippen LogP contribution in [0.25, 0.3) is 11.3 Å². The number of aromatic nitrogens is 1. The number of oxazole rings is 1. The Morgan fingerprint density at radius 3 is 3.00 bits per heavy atom. The van der Waals surface area contributed by atoms with Crippen LogP contribution < -0.4 is 10.1 Å². The van der Waals surface area contributed by atoms with Gasteiger partial charge in [-0.3, -0.25) is 0 Å². The maximum absolute atomic E-state index is 5.77. The van der Waals surface area contributed by atoms with E-state index in [4.69, 9.17) is 9.15 Å². The SMILES string of the molecule is CCCOc1cccc(-c2cnc(CCNCC)o2)c1. The highest BCUT2D eigenvalue weighted by molar-refractivity contribution is 5.58. The highest BCUT2D eigenvalue weighted by atomic mass is 16.5. The van der Waals surface area contributed by atoms with Gasteiger partial charge in [-0.2, -0.15) is 0 Å². The van der Waals surface area contributed by atoms with Crippen LogP contribution in [0.4, 0.5) is 0 Å². The number of hydrogen-bond donors (Lipinski definition) is 1. The molecule has 0 aliphatic carbocycles. The van der Waals surface area contributed by atoms with Crippen LogP contribution in [0.2, 0.25) is 0 Å². The second-order valence-electron chi connectivity index (χ2n) is 4.60. The highest BCUT2D eigenvalue weighted by Gasteiger charge is 2.07. The quantitative estimate of drug-likeness (QED) is 0.750. The summed E-state index contributed by atoms with van der Waals surface area (Å²) < 4.78 is 11.4. The first-order valence-corrected chi connectivity index (χ1v) is 7.22. The van der Waals surface area contributed by atoms with Gasteiger partial charge in [0.15, 0.2) is 11.7 Å². The van der Waals surface area contributed by atoms with E-state index in [0.717, 1.165) is 55.5 Å². The Morgan fingerprint density at radius 1 is 1.30 bits per heavy atom. The molecule has 2 rings (SSSR count). The Morgan fingerprint density at radius 2 is 2.20 bits per heavy atom. The number of nitrogens with zero attached hydrogens (tertiary/aromatic N) is 1. The summed E-state index contributed by atoms with van der Waals surface area (Å²) in [6, 6.07) is 7.93. The normalized spacial score (nSPS) is 10.7. The van der Waals surface area contributed by atoms with E-state index in [1.54, 1.807) is 6.20 Å². The van der Waals surface area contributed by atoms with Crippen molar-refractivity contribution in [2.24, 2.45) is 0 Å². The Labute approximate surface area is 120 Å². The number of nitrogens with one attached hydrogen (secondary N) is 1. The summed E-state index contributed by atoms with van der Waals surface area (Å²) in [6.07, 6.45) is 3.58. The van der Waals surface area contributed by atoms with Gasteiger partial charge in [0.1, 0.15) is 5.75 Å². The average molecular weight is 274 g/mol. The van der Waals surface area contributed by atoms with E-state index >= 15 is 0 Å². The molecule has 1 N–H and O–H groups in total. The highest BCUT2D eigenvalue weighted by Crippen LogP contribution is 2.24. The van der Waals surface area contributed by atoms with E-state index in [1.807, 2.05) is 24.3 Å². The van der Waals surface area contributed by atoms with Crippen LogP contribution in [-0.4, -0.2) is 24.7 Å². The Hall–Kier alpha value is -1.81. The van der Waals surface area contributed by atoms with Crippen LogP contribution >= 0.6 is 0 Å². The molecule has 0 spiro atoms. The molecular formula is C16H22N2O2. The van der Waals surface area contributed by atoms with Gasteiger partial charge in [0.25, 0.3) is 0 Å². The second-order valence-corrected chi connectivity index (χ2v) is 4.60. The third-order valence-corrected chi connectivity index (χ3v) is 2.91. The topological polar surface area (TPSA) is 47.3 Å². The van der Waals surface area contributed by atoms with E-state index in [9.17, 15) is 0 Å². The number of ether oxygens (including phenoxy) is 1. The lowest BCUT2D eigenvalue weighted by molar-refractivity contribution is 0.317. The smallest absolute Gasteiger partial charge is 0.196 e. The first-order chi connectivity index (χ1) is 9.83. The molecule has 20 heavy (non-hydrogen) atoms. The molecule has 1 heterocycles. The van der Waals surface area contributed by atoms with Crippen molar-refractivity contribution in [2.45, 2.75) is 26.7 Å². The molecule has 2 aromatic rings. The summed E-state index contributed by atoms with van der Waals surface area (Å²) in [5, 5.41) is 3.26. The van der Waals surface area contributed by atoms with Crippen LogP contribution in [0, 0.1) is 0 Å². The van der Waals surface area contributed by atoms with E-state index in [2.05, 4.69) is 24.1 Å². The Kier molecular flexibility index (Phi) is 5.62. The van der Waals surface area contributed by atoms with Crippen molar-refractivity contribution in [3.05, 3.63) is 36.4 Å². The molecule has 0 atom stereocenters. The lowest BCUT2D eigenvalue weighted by Gasteiger charge is -2.05. The van der Waals surface area contributed by atoms with E-state index in [0.29, 0.717) is 0 Å². The molecular weight excluding hydrogens is 252 g/mol. The molecule has 0 amide bonds. The van der Waals surface area contributed by atoms with Crippen LogP contribution in [0.3, 0.4) is 0 Å². The summed E-state index contributed by atoms with van der Waals surface area (Å²) >= 11 is 0. The van der Waals surface area contributed by atoms with Gasteiger partial charge in [-0.15, -0.1) is 0 Å². The molecule has 0 radical (unpaired) electrons. The lowest BCUT2D eigenvalue weighted by atomic mass is 10.2. The summed E-state index contributed by atoms with van der Waals surface area (Å²) in [5.74, 6) is 2.43. The zero-order chi connectivity index (χ0) is 14.2. The average Bonchev–Trinajstić information content (AvgIpc) is 2.95. The number of likely N-dealkylation sites (N-methyl/N-ethyl adjacent to an activating group) is 1. The van der Waals surface area contributed by atoms with Gasteiger partial charge >= 0.3 is 0 Å². The second kappa shape index (κ2) is 7.70. The van der Waals surface area contributed by atoms with Crippen LogP contribution in [-0.2, 0) is 6.42 Å². The Bertz CT molecular complexity index is 523. The summed E-state index contributed by atoms with van der Waals surface area (Å²) in [6.45, 7) is 6.76. The van der Waals surface area contributed by atoms with Crippen LogP contribution in [0.15, 0.2) is 34.9 Å². The number of hydrogen-bond acceptors (Lipinski definition) is 4. The van der Waals surface area contributed by atoms with Gasteiger partial charge < -0.3 is 14.5 Å². The predicted molar refractivity (Wildman–Crippen MR) is 80.0 cm³/mol. The van der Waals surface area contributed by atoms with E-state index in [1.165, 1.54) is 0 Å². The van der Waals surface area contributed by atoms with Crippen LogP contribution in [0.5, 0.6) is 5.75 Å². The Balaban J connectivity index is 2.03. The fourth-order valence-electron chi connectivity index (χ4n) is 1.89. The van der Waals surface area contributed by atoms with Crippen molar-refractivity contribution in [2.75, 3.05) is 19.7 Å². The molecule has 0 aliphatic rings. The predicted octanol–water partition coefficient (Wildman–Crippen LogP) is 3.28. The third kappa shape index (κ3) is 4.10. The number of rotatable bonds is 8. The minimum Gasteiger partial charge on any atom is -0.494 e. The molecule has 108 valence electrons. The summed E-state index contributed by atoms with van der Waals surface area (Å²) in [4.78, 5) is 4.31. The van der Waals surface area contributed by atoms with Crippen molar-refractivity contribution in [1.29, 1.82) is 0 Å². The maximum Gasteiger partial charge on any atom is 0.196 e. The minimum absolute atomic E-state index is 0.730. The first-order valence-electron chi connectivity index (χ1n) is 7.22. The van der Waals surface area contributed by atoms with Gasteiger partial charge in [0.05, 0.1) is 12.8 Å². The zero-order valence-electron chi connectivity index (χ0n) is 12.2. The number of benzene rings is 1. The summed E-state index contributed by atoms with van der Waals surface area (Å²) in [7, 11) is 0. The van der Waals surface area contributed by atoms with E-state index < -0.39 is 0 Å². The minimum atomic E-state index is 0.730. The third-order valence-electron chi connectivity index (χ3n) is 2.91. The van der Waals surface area contributed by atoms with Crippen molar-refractivity contribution in [3.63, 3.8) is 0 Å². The van der Waals surface area contributed by atoms with Gasteiger partial charge in [-0.1, -0.05) is 26.0 Å². The van der Waals surface area contributed by atoms with Crippen molar-refractivity contribution in [1.82, 2.24) is 10.3 Å². The molecule has 1 aromatic carbocycles. The lowest BCUT2D eigenvalue weighted by Crippen LogP contribution is -2.16. The molecule has 0 saturated carbocycles. The molecule has 0 unspecified atom stereocenters. The fourth-order valence-corrected chi connectivity index (χ4v) is 1.89. The zero-order valence-corrected chi connectivity index (χ0v) is 12.2. The largest absolute Gasteiger partial charge is 0.494 e. The van der Waals surface area contributed by atoms with Crippen molar-refractivity contribution < 1.29 is 9.15 Å². The molecule has 4 heteroatoms. The fraction of sp³-hybridized carbons (Fsp3) is 0.438. The molecule has 1 aromatic heterocycles. The molecule has 0 aliphatic heterocycles. The van der Waals surface area contributed by atoms with E-state index in [-0.39, 0.29) is 0 Å². The molecule has 0 fully saturated rings. The monoisotopic (exact) mass is 274 g/mol. The summed E-state index contributed by atoms with van der Waals surface area (Å²) in [5.41, 5.74) is 1.00. The first kappa shape index (κ1) is 14.6. The standard InChI is InChI=1S/C16H22N2O2/c1-3-10-19-14-7-5-6-13(11-14)15-12-18-16(20-15)8-9-17-4-2/h5-7,11-12,17H,3-4,8-10H2,1-2H3. The van der Waals surface area contributed by atoms with Crippen molar-refractivity contribution in [3.8, 4) is 17.1 Å². The van der Waals surface area contributed by atoms with Gasteiger partial charge in [0, 0.05) is 18.5 Å². The molecule has 0 saturated heterocycles. The van der Waals surface area contributed by atoms with Crippen LogP contribution in [0.1, 0.15) is 26.2 Å². The maximum atomic E-state index is 5.77. The van der Waals surface area contributed by atoms with Gasteiger partial charge in [0.2, 0.25) is 0 Å².